The molecule has 0 aliphatic carbocycles. The fraction of sp³-hybridized carbons (Fsp3) is 0.846. The number of nitrogens with zero attached hydrogens (tertiary/aromatic N) is 2. The molecular weight excluding hydrogens is 244 g/mol. The third-order valence-electron chi connectivity index (χ3n) is 3.08. The van der Waals surface area contributed by atoms with E-state index < -0.39 is 0 Å². The number of ether oxygens (including phenoxy) is 1. The van der Waals surface area contributed by atoms with Crippen LogP contribution in [-0.4, -0.2) is 56.2 Å². The van der Waals surface area contributed by atoms with Crippen molar-refractivity contribution in [3.8, 4) is 0 Å². The van der Waals surface area contributed by atoms with Crippen molar-refractivity contribution in [2.45, 2.75) is 32.6 Å². The highest BCUT2D eigenvalue weighted by Gasteiger charge is 2.15. The smallest absolute Gasteiger partial charge is 0.244 e. The van der Waals surface area contributed by atoms with Crippen molar-refractivity contribution in [2.24, 2.45) is 10.7 Å². The molecule has 110 valence electrons. The Balaban J connectivity index is 2.13. The predicted molar refractivity (Wildman–Crippen MR) is 76.0 cm³/mol. The minimum atomic E-state index is 0.0130. The lowest BCUT2D eigenvalue weighted by Crippen LogP contribution is -2.42. The van der Waals surface area contributed by atoms with Gasteiger partial charge in [-0.25, -0.2) is 4.99 Å². The largest absolute Gasteiger partial charge is 0.378 e. The lowest BCUT2D eigenvalue weighted by molar-refractivity contribution is -0.133. The highest BCUT2D eigenvalue weighted by Crippen LogP contribution is 1.98. The van der Waals surface area contributed by atoms with E-state index in [9.17, 15) is 4.79 Å². The van der Waals surface area contributed by atoms with E-state index in [0.717, 1.165) is 13.0 Å². The number of morpholine rings is 1. The molecule has 0 radical (unpaired) electrons. The number of unbranched alkanes of at least 4 members (excludes halogenated alkanes) is 3. The van der Waals surface area contributed by atoms with Gasteiger partial charge in [0.1, 0.15) is 6.54 Å². The van der Waals surface area contributed by atoms with E-state index >= 15 is 0 Å². The van der Waals surface area contributed by atoms with Crippen LogP contribution < -0.4 is 11.1 Å². The van der Waals surface area contributed by atoms with Crippen LogP contribution in [0.4, 0.5) is 0 Å². The molecule has 3 N–H and O–H groups in total. The van der Waals surface area contributed by atoms with Crippen LogP contribution >= 0.6 is 0 Å². The lowest BCUT2D eigenvalue weighted by Gasteiger charge is -2.26. The molecule has 6 heteroatoms. The Kier molecular flexibility index (Phi) is 7.97. The van der Waals surface area contributed by atoms with Crippen molar-refractivity contribution < 1.29 is 9.53 Å². The van der Waals surface area contributed by atoms with Crippen LogP contribution in [0.1, 0.15) is 32.6 Å². The van der Waals surface area contributed by atoms with Gasteiger partial charge in [0.15, 0.2) is 5.96 Å². The predicted octanol–water partition coefficient (Wildman–Crippen LogP) is 0.330. The minimum Gasteiger partial charge on any atom is -0.378 e. The number of carbonyl (C=O) groups is 1. The zero-order chi connectivity index (χ0) is 13.9. The van der Waals surface area contributed by atoms with Crippen LogP contribution in [0.3, 0.4) is 0 Å². The third kappa shape index (κ3) is 7.00. The maximum absolute atomic E-state index is 11.8. The van der Waals surface area contributed by atoms with Gasteiger partial charge < -0.3 is 20.7 Å². The van der Waals surface area contributed by atoms with Gasteiger partial charge in [-0.1, -0.05) is 26.2 Å². The van der Waals surface area contributed by atoms with Gasteiger partial charge in [-0.2, -0.15) is 0 Å². The molecule has 0 bridgehead atoms. The molecule has 19 heavy (non-hydrogen) atoms. The van der Waals surface area contributed by atoms with Crippen molar-refractivity contribution >= 4 is 11.9 Å². The van der Waals surface area contributed by atoms with Crippen LogP contribution in [0.15, 0.2) is 4.99 Å². The topological polar surface area (TPSA) is 79.9 Å². The summed E-state index contributed by atoms with van der Waals surface area (Å²) in [6.45, 7) is 5.65. The SMILES string of the molecule is CCCCCCNC(N)=NCC(=O)N1CCOCC1. The average molecular weight is 270 g/mol. The maximum atomic E-state index is 11.8. The Bertz CT molecular complexity index is 288. The minimum absolute atomic E-state index is 0.0130. The van der Waals surface area contributed by atoms with Gasteiger partial charge in [0.2, 0.25) is 5.91 Å². The summed E-state index contributed by atoms with van der Waals surface area (Å²) in [5, 5.41) is 3.03. The van der Waals surface area contributed by atoms with Gasteiger partial charge in [0, 0.05) is 19.6 Å². The summed E-state index contributed by atoms with van der Waals surface area (Å²) in [4.78, 5) is 17.6. The molecule has 6 nitrogen and oxygen atoms in total. The van der Waals surface area contributed by atoms with Crippen LogP contribution in [0.2, 0.25) is 0 Å². The van der Waals surface area contributed by atoms with Crippen LogP contribution in [0.25, 0.3) is 0 Å². The Hall–Kier alpha value is -1.30. The van der Waals surface area contributed by atoms with E-state index in [2.05, 4.69) is 17.2 Å². The number of carbonyl (C=O) groups excluding carboxylic acids is 1. The number of hydrogen-bond acceptors (Lipinski definition) is 3. The van der Waals surface area contributed by atoms with Gasteiger partial charge in [-0.05, 0) is 6.42 Å². The first-order chi connectivity index (χ1) is 9.24. The highest BCUT2D eigenvalue weighted by atomic mass is 16.5. The Morgan fingerprint density at radius 3 is 2.74 bits per heavy atom. The summed E-state index contributed by atoms with van der Waals surface area (Å²) in [6, 6.07) is 0. The number of guanidine groups is 1. The van der Waals surface area contributed by atoms with E-state index in [1.54, 1.807) is 4.90 Å². The summed E-state index contributed by atoms with van der Waals surface area (Å²) < 4.78 is 5.19. The normalized spacial score (nSPS) is 16.5. The Morgan fingerprint density at radius 2 is 2.05 bits per heavy atom. The molecule has 0 spiro atoms. The second-order valence-electron chi connectivity index (χ2n) is 4.68. The third-order valence-corrected chi connectivity index (χ3v) is 3.08. The molecular formula is C13H26N4O2. The molecule has 1 rings (SSSR count). The van der Waals surface area contributed by atoms with Gasteiger partial charge in [0.25, 0.3) is 0 Å². The summed E-state index contributed by atoms with van der Waals surface area (Å²) in [5.74, 6) is 0.372. The zero-order valence-electron chi connectivity index (χ0n) is 11.9. The average Bonchev–Trinajstić information content (AvgIpc) is 2.45. The summed E-state index contributed by atoms with van der Waals surface area (Å²) >= 11 is 0. The second-order valence-corrected chi connectivity index (χ2v) is 4.68. The molecule has 1 heterocycles. The van der Waals surface area contributed by atoms with Crippen molar-refractivity contribution in [3.05, 3.63) is 0 Å². The molecule has 1 saturated heterocycles. The first-order valence-corrected chi connectivity index (χ1v) is 7.13. The highest BCUT2D eigenvalue weighted by molar-refractivity contribution is 5.84. The van der Waals surface area contributed by atoms with Crippen molar-refractivity contribution in [1.29, 1.82) is 0 Å². The van der Waals surface area contributed by atoms with Gasteiger partial charge in [-0.15, -0.1) is 0 Å². The van der Waals surface area contributed by atoms with E-state index in [1.807, 2.05) is 0 Å². The number of rotatable bonds is 7. The fourth-order valence-corrected chi connectivity index (χ4v) is 1.89. The monoisotopic (exact) mass is 270 g/mol. The number of amides is 1. The van der Waals surface area contributed by atoms with Gasteiger partial charge >= 0.3 is 0 Å². The maximum Gasteiger partial charge on any atom is 0.244 e. The molecule has 1 amide bonds. The summed E-state index contributed by atoms with van der Waals surface area (Å²) in [5.41, 5.74) is 5.71. The molecule has 0 saturated carbocycles. The standard InChI is InChI=1S/C13H26N4O2/c1-2-3-4-5-6-15-13(14)16-11-12(18)17-7-9-19-10-8-17/h2-11H2,1H3,(H3,14,15,16). The summed E-state index contributed by atoms with van der Waals surface area (Å²) in [7, 11) is 0. The van der Waals surface area contributed by atoms with Gasteiger partial charge in [-0.3, -0.25) is 4.79 Å². The molecule has 1 fully saturated rings. The quantitative estimate of drug-likeness (QED) is 0.397. The van der Waals surface area contributed by atoms with E-state index in [0.29, 0.717) is 32.3 Å². The van der Waals surface area contributed by atoms with E-state index in [-0.39, 0.29) is 12.5 Å². The molecule has 0 unspecified atom stereocenters. The second kappa shape index (κ2) is 9.61. The molecule has 0 atom stereocenters. The van der Waals surface area contributed by atoms with Crippen LogP contribution in [0, 0.1) is 0 Å². The molecule has 1 aliphatic heterocycles. The van der Waals surface area contributed by atoms with Gasteiger partial charge in [0.05, 0.1) is 13.2 Å². The fourth-order valence-electron chi connectivity index (χ4n) is 1.89. The Morgan fingerprint density at radius 1 is 1.32 bits per heavy atom. The number of nitrogens with two attached hydrogens (primary N) is 1. The Labute approximate surface area is 115 Å². The molecule has 0 aromatic heterocycles. The first-order valence-electron chi connectivity index (χ1n) is 7.13. The summed E-state index contributed by atoms with van der Waals surface area (Å²) in [6.07, 6.45) is 4.75. The van der Waals surface area contributed by atoms with E-state index in [1.165, 1.54) is 19.3 Å². The van der Waals surface area contributed by atoms with Crippen molar-refractivity contribution in [2.75, 3.05) is 39.4 Å². The van der Waals surface area contributed by atoms with Crippen LogP contribution in [0.5, 0.6) is 0 Å². The number of aliphatic imine (C=N–C) groups is 1. The lowest BCUT2D eigenvalue weighted by atomic mass is 10.2. The zero-order valence-corrected chi connectivity index (χ0v) is 11.9. The van der Waals surface area contributed by atoms with Crippen LogP contribution in [-0.2, 0) is 9.53 Å². The molecule has 0 aromatic rings. The first kappa shape index (κ1) is 15.8. The van der Waals surface area contributed by atoms with Crippen molar-refractivity contribution in [1.82, 2.24) is 10.2 Å². The number of nitrogens with one attached hydrogen (secondary N) is 1. The molecule has 0 aromatic carbocycles. The number of hydrogen-bond donors (Lipinski definition) is 2. The van der Waals surface area contributed by atoms with E-state index in [4.69, 9.17) is 10.5 Å². The van der Waals surface area contributed by atoms with Crippen molar-refractivity contribution in [3.63, 3.8) is 0 Å². The molecule has 1 aliphatic rings.